The van der Waals surface area contributed by atoms with Crippen molar-refractivity contribution in [3.8, 4) is 0 Å². The molecule has 12 heteroatoms. The molecule has 1 unspecified atom stereocenters. The Balaban J connectivity index is 0.00000122. The van der Waals surface area contributed by atoms with Crippen LogP contribution in [0.2, 0.25) is 0 Å². The van der Waals surface area contributed by atoms with Crippen LogP contribution in [0.4, 0.5) is 4.79 Å². The SMILES string of the molecule is Cc1cccc2c1n(CC(C)(C)N)c(=O)n2C(=O)NC(c1nnn(C)n1)C(C)(C)C.O=CO. The second kappa shape index (κ2) is 9.53. The minimum Gasteiger partial charge on any atom is -0.483 e. The maximum absolute atomic E-state index is 13.3. The van der Waals surface area contributed by atoms with Gasteiger partial charge in [-0.2, -0.15) is 4.80 Å². The molecule has 0 aliphatic carbocycles. The van der Waals surface area contributed by atoms with Crippen LogP contribution in [0.25, 0.3) is 11.0 Å². The second-order valence-corrected chi connectivity index (χ2v) is 9.63. The second-order valence-electron chi connectivity index (χ2n) is 9.63. The summed E-state index contributed by atoms with van der Waals surface area (Å²) in [5.41, 5.74) is 6.83. The van der Waals surface area contributed by atoms with E-state index in [2.05, 4.69) is 20.7 Å². The van der Waals surface area contributed by atoms with E-state index < -0.39 is 28.7 Å². The molecule has 0 bridgehead atoms. The first-order chi connectivity index (χ1) is 15.2. The normalized spacial score (nSPS) is 12.7. The molecule has 4 N–H and O–H groups in total. The van der Waals surface area contributed by atoms with Gasteiger partial charge >= 0.3 is 11.7 Å². The third-order valence-electron chi connectivity index (χ3n) is 4.83. The van der Waals surface area contributed by atoms with E-state index >= 15 is 0 Å². The number of fused-ring (bicyclic) bond motifs is 1. The summed E-state index contributed by atoms with van der Waals surface area (Å²) in [5, 5.41) is 22.0. The molecule has 0 spiro atoms. The number of nitrogens with one attached hydrogen (secondary N) is 1. The van der Waals surface area contributed by atoms with Crippen molar-refractivity contribution in [2.24, 2.45) is 18.2 Å². The standard InChI is InChI=1S/C20H30N8O2.CH2O2/c1-12-9-8-10-13-14(12)27(11-20(5,6)21)18(30)28(13)17(29)22-15(19(2,3)4)16-23-25-26(7)24-16;2-1-3/h8-10,15H,11,21H2,1-7H3,(H,22,29);1H,(H,2,3). The van der Waals surface area contributed by atoms with Gasteiger partial charge in [0.15, 0.2) is 5.82 Å². The molecule has 3 rings (SSSR count). The van der Waals surface area contributed by atoms with Crippen molar-refractivity contribution in [3.05, 3.63) is 40.1 Å². The van der Waals surface area contributed by atoms with Crippen LogP contribution >= 0.6 is 0 Å². The smallest absolute Gasteiger partial charge is 0.337 e. The fourth-order valence-electron chi connectivity index (χ4n) is 3.52. The van der Waals surface area contributed by atoms with Crippen LogP contribution in [0.1, 0.15) is 52.0 Å². The van der Waals surface area contributed by atoms with Gasteiger partial charge in [-0.25, -0.2) is 14.2 Å². The highest BCUT2D eigenvalue weighted by molar-refractivity contribution is 5.91. The van der Waals surface area contributed by atoms with Gasteiger partial charge in [-0.3, -0.25) is 9.36 Å². The fraction of sp³-hybridized carbons (Fsp3) is 0.524. The topological polar surface area (TPSA) is 163 Å². The van der Waals surface area contributed by atoms with E-state index in [1.807, 2.05) is 53.7 Å². The van der Waals surface area contributed by atoms with E-state index in [0.717, 1.165) is 10.1 Å². The van der Waals surface area contributed by atoms with Gasteiger partial charge in [0, 0.05) is 12.1 Å². The van der Waals surface area contributed by atoms with Gasteiger partial charge in [0.1, 0.15) is 0 Å². The van der Waals surface area contributed by atoms with Crippen molar-refractivity contribution in [3.63, 3.8) is 0 Å². The molecule has 0 fully saturated rings. The predicted octanol–water partition coefficient (Wildman–Crippen LogP) is 1.42. The number of rotatable bonds is 4. The average Bonchev–Trinajstić information content (AvgIpc) is 3.20. The number of amides is 1. The van der Waals surface area contributed by atoms with Crippen molar-refractivity contribution >= 4 is 23.5 Å². The summed E-state index contributed by atoms with van der Waals surface area (Å²) < 4.78 is 2.72. The number of para-hydroxylation sites is 1. The lowest BCUT2D eigenvalue weighted by molar-refractivity contribution is -0.122. The van der Waals surface area contributed by atoms with Gasteiger partial charge in [-0.05, 0) is 43.0 Å². The Labute approximate surface area is 191 Å². The Kier molecular flexibility index (Phi) is 7.43. The van der Waals surface area contributed by atoms with Crippen molar-refractivity contribution < 1.29 is 14.7 Å². The van der Waals surface area contributed by atoms with Crippen LogP contribution in [-0.2, 0) is 18.4 Å². The number of nitrogens with zero attached hydrogens (tertiary/aromatic N) is 6. The molecule has 1 atom stereocenters. The van der Waals surface area contributed by atoms with Crippen LogP contribution in [0.3, 0.4) is 0 Å². The number of carbonyl (C=O) groups excluding carboxylic acids is 1. The Morgan fingerprint density at radius 1 is 1.27 bits per heavy atom. The maximum Gasteiger partial charge on any atom is 0.337 e. The summed E-state index contributed by atoms with van der Waals surface area (Å²) in [6.07, 6.45) is 0. The molecule has 33 heavy (non-hydrogen) atoms. The third-order valence-corrected chi connectivity index (χ3v) is 4.83. The molecule has 180 valence electrons. The molecule has 1 aromatic carbocycles. The maximum atomic E-state index is 13.3. The van der Waals surface area contributed by atoms with Gasteiger partial charge < -0.3 is 16.2 Å². The number of carbonyl (C=O) groups is 2. The molecular weight excluding hydrogens is 428 g/mol. The van der Waals surface area contributed by atoms with Crippen LogP contribution in [0.15, 0.2) is 23.0 Å². The highest BCUT2D eigenvalue weighted by Crippen LogP contribution is 2.30. The summed E-state index contributed by atoms with van der Waals surface area (Å²) in [6, 6.07) is 4.41. The molecule has 1 amide bonds. The number of nitrogens with two attached hydrogens (primary N) is 1. The highest BCUT2D eigenvalue weighted by Gasteiger charge is 2.33. The molecule has 12 nitrogen and oxygen atoms in total. The minimum atomic E-state index is -0.626. The monoisotopic (exact) mass is 460 g/mol. The van der Waals surface area contributed by atoms with Gasteiger partial charge in [0.25, 0.3) is 6.47 Å². The van der Waals surface area contributed by atoms with Gasteiger partial charge in [-0.1, -0.05) is 32.9 Å². The van der Waals surface area contributed by atoms with Crippen LogP contribution < -0.4 is 16.7 Å². The predicted molar refractivity (Wildman–Crippen MR) is 123 cm³/mol. The first kappa shape index (κ1) is 25.7. The Morgan fingerprint density at radius 3 is 2.36 bits per heavy atom. The first-order valence-electron chi connectivity index (χ1n) is 10.3. The zero-order chi connectivity index (χ0) is 25.1. The van der Waals surface area contributed by atoms with E-state index in [4.69, 9.17) is 15.6 Å². The highest BCUT2D eigenvalue weighted by atomic mass is 16.3. The number of carboxylic acid groups (broad SMARTS) is 1. The Morgan fingerprint density at radius 2 is 1.88 bits per heavy atom. The van der Waals surface area contributed by atoms with Gasteiger partial charge in [0.05, 0.1) is 24.1 Å². The Hall–Kier alpha value is -3.54. The van der Waals surface area contributed by atoms with Crippen molar-refractivity contribution in [2.45, 2.75) is 59.7 Å². The first-order valence-corrected chi connectivity index (χ1v) is 10.3. The lowest BCUT2D eigenvalue weighted by Crippen LogP contribution is -2.45. The summed E-state index contributed by atoms with van der Waals surface area (Å²) >= 11 is 0. The van der Waals surface area contributed by atoms with E-state index in [0.29, 0.717) is 16.9 Å². The summed E-state index contributed by atoms with van der Waals surface area (Å²) in [7, 11) is 1.66. The van der Waals surface area contributed by atoms with Gasteiger partial charge in [-0.15, -0.1) is 10.2 Å². The zero-order valence-corrected chi connectivity index (χ0v) is 20.0. The molecule has 0 saturated heterocycles. The molecule has 2 aromatic heterocycles. The third kappa shape index (κ3) is 5.83. The number of benzene rings is 1. The van der Waals surface area contributed by atoms with Crippen molar-refractivity contribution in [1.82, 2.24) is 34.7 Å². The zero-order valence-electron chi connectivity index (χ0n) is 20.0. The molecule has 0 aliphatic rings. The summed E-state index contributed by atoms with van der Waals surface area (Å²) in [5.74, 6) is 0.384. The van der Waals surface area contributed by atoms with E-state index in [-0.39, 0.29) is 13.0 Å². The Bertz CT molecular complexity index is 1190. The molecule has 0 radical (unpaired) electrons. The van der Waals surface area contributed by atoms with Gasteiger partial charge in [0.2, 0.25) is 0 Å². The van der Waals surface area contributed by atoms with Crippen LogP contribution in [0.5, 0.6) is 0 Å². The number of hydrogen-bond acceptors (Lipinski definition) is 7. The average molecular weight is 461 g/mol. The lowest BCUT2D eigenvalue weighted by Gasteiger charge is -2.28. The quantitative estimate of drug-likeness (QED) is 0.492. The lowest BCUT2D eigenvalue weighted by atomic mass is 9.86. The van der Waals surface area contributed by atoms with E-state index in [1.54, 1.807) is 17.7 Å². The van der Waals surface area contributed by atoms with Crippen LogP contribution in [0, 0.1) is 12.3 Å². The minimum absolute atomic E-state index is 0.250. The summed E-state index contributed by atoms with van der Waals surface area (Å²) in [6.45, 7) is 11.5. The number of aryl methyl sites for hydroxylation is 2. The largest absolute Gasteiger partial charge is 0.483 e. The molecule has 0 saturated carbocycles. The molecular formula is C21H32N8O4. The van der Waals surface area contributed by atoms with E-state index in [9.17, 15) is 9.59 Å². The van der Waals surface area contributed by atoms with E-state index in [1.165, 1.54) is 4.80 Å². The number of imidazole rings is 1. The fourth-order valence-corrected chi connectivity index (χ4v) is 3.52. The number of hydrogen-bond donors (Lipinski definition) is 3. The van der Waals surface area contributed by atoms with Crippen LogP contribution in [-0.4, -0.2) is 52.5 Å². The molecule has 0 aliphatic heterocycles. The molecule has 2 heterocycles. The van der Waals surface area contributed by atoms with Crippen molar-refractivity contribution in [1.29, 1.82) is 0 Å². The number of tetrazole rings is 1. The summed E-state index contributed by atoms with van der Waals surface area (Å²) in [4.78, 5) is 36.3. The van der Waals surface area contributed by atoms with Crippen molar-refractivity contribution in [2.75, 3.05) is 0 Å². The number of aromatic nitrogens is 6. The molecule has 3 aromatic rings.